The number of hydrogen-bond acceptors (Lipinski definition) is 16. The maximum Gasteiger partial charge on any atom is 0.314 e. The van der Waals surface area contributed by atoms with Gasteiger partial charge in [0.05, 0.1) is 71.3 Å². The van der Waals surface area contributed by atoms with Crippen LogP contribution in [0.25, 0.3) is 0 Å². The summed E-state index contributed by atoms with van der Waals surface area (Å²) in [6.07, 6.45) is 55.5. The predicted octanol–water partition coefficient (Wildman–Crippen LogP) is 21.4. The van der Waals surface area contributed by atoms with Gasteiger partial charge in [-0.1, -0.05) is 181 Å². The molecule has 0 saturated heterocycles. The highest BCUT2D eigenvalue weighted by Gasteiger charge is 2.71. The molecule has 0 amide bonds. The second-order valence-corrected chi connectivity index (χ2v) is 43.3. The molecule has 0 aromatic rings. The Balaban J connectivity index is 0.000000119. The van der Waals surface area contributed by atoms with Gasteiger partial charge in [0, 0.05) is 47.3 Å². The lowest BCUT2D eigenvalue weighted by Gasteiger charge is -2.51. The molecule has 20 aliphatic rings. The Labute approximate surface area is 745 Å². The number of hydrogen-bond donors (Lipinski definition) is 0. The third kappa shape index (κ3) is 13.1. The molecule has 20 rings (SSSR count). The van der Waals surface area contributed by atoms with E-state index in [1.54, 1.807) is 48.6 Å². The van der Waals surface area contributed by atoms with Crippen LogP contribution < -0.4 is 0 Å². The Bertz CT molecular complexity index is 5410. The van der Waals surface area contributed by atoms with E-state index in [9.17, 15) is 57.5 Å². The van der Waals surface area contributed by atoms with E-state index in [1.165, 1.54) is 22.3 Å². The molecule has 16 nitrogen and oxygen atoms in total. The minimum Gasteiger partial charge on any atom is -0.465 e. The summed E-state index contributed by atoms with van der Waals surface area (Å²) in [5.41, 5.74) is 14.2. The number of unbranched alkanes of at least 4 members (excludes halogenated alkanes) is 4. The summed E-state index contributed by atoms with van der Waals surface area (Å²) in [7, 11) is 0. The molecule has 126 heavy (non-hydrogen) atoms. The minimum atomic E-state index is -0.452. The van der Waals surface area contributed by atoms with E-state index in [-0.39, 0.29) is 102 Å². The van der Waals surface area contributed by atoms with Crippen molar-refractivity contribution in [3.8, 4) is 0 Å². The first-order chi connectivity index (χ1) is 59.8. The van der Waals surface area contributed by atoms with E-state index in [0.29, 0.717) is 94.3 Å². The molecule has 0 N–H and O–H groups in total. The number of fused-ring (bicyclic) bond motifs is 12. The van der Waals surface area contributed by atoms with Crippen LogP contribution in [0.5, 0.6) is 0 Å². The van der Waals surface area contributed by atoms with Gasteiger partial charge in [-0.15, -0.1) is 0 Å². The quantitative estimate of drug-likeness (QED) is 0.0792. The Morgan fingerprint density at radius 2 is 0.627 bits per heavy atom. The predicted molar refractivity (Wildman–Crippen MR) is 481 cm³/mol. The summed E-state index contributed by atoms with van der Waals surface area (Å²) in [5, 5.41) is 0. The summed E-state index contributed by atoms with van der Waals surface area (Å²) < 4.78 is 23.1. The highest BCUT2D eigenvalue weighted by molar-refractivity contribution is 6.06. The second-order valence-electron chi connectivity index (χ2n) is 43.3. The molecular weight excluding hydrogens is 1580 g/mol. The largest absolute Gasteiger partial charge is 0.465 e. The first kappa shape index (κ1) is 89.1. The van der Waals surface area contributed by atoms with E-state index in [2.05, 4.69) is 93.5 Å². The Morgan fingerprint density at radius 3 is 0.905 bits per heavy atom. The first-order valence-corrected chi connectivity index (χ1v) is 48.2. The van der Waals surface area contributed by atoms with Crippen LogP contribution in [0.3, 0.4) is 0 Å². The number of rotatable bonds is 16. The number of allylic oxidation sites excluding steroid dienone is 28. The van der Waals surface area contributed by atoms with Gasteiger partial charge in [-0.05, 0) is 303 Å². The summed E-state index contributed by atoms with van der Waals surface area (Å²) in [5.74, 6) is -0.971. The zero-order valence-corrected chi connectivity index (χ0v) is 77.3. The van der Waals surface area contributed by atoms with Crippen LogP contribution in [0, 0.1) is 94.6 Å². The standard InChI is InChI=1S/C29H36O4.3C27H32O4/c1-4-5-6-7-16-33-26(32)21-18-19-17-20(30)8-14-28(19,3)22-10-15-29-23(25(21)22)9-12-27(29,2)13-11-24(29)31;1-16(2)15-31-24(30)19-14-17-13-18(28)5-11-26(17,4)20-7-12-27-21(23(19)20)6-9-25(27,3)10-8-22(27)29;1-5-16(2)31-24(30)19-15-17-14-18(28)6-12-26(17,4)20-8-13-27-21(23(19)20)7-10-25(27,3)11-9-22(27)29;1-4-5-14-31-24(30)19-16-17-15-18(28)6-12-26(17,3)20-8-13-27-21(23(19)20)7-10-25(27,2)11-9-22(27)29/h8-9,14,17,21H,4-7,10-13,15-16,18H2,1-3H3;5-6,11,13,16,19H,7-10,12,14-15H2,1-4H3;6-7,12,14,16,19H,5,8-11,13,15H2,1-4H3;6-7,12,15,19H,4-5,8-11,13-14,16H2,1-3H3/t21-,27+,28?,29-;19-,25+,26?,27-;16?,19-,25+,26?,27-;19-,25+,26?,27-/m1111/s1. The highest BCUT2D eigenvalue weighted by Crippen LogP contribution is 2.76. The van der Waals surface area contributed by atoms with Crippen LogP contribution in [0.2, 0.25) is 0 Å². The van der Waals surface area contributed by atoms with Crippen LogP contribution in [0.4, 0.5) is 0 Å². The molecule has 20 aliphatic carbocycles. The number of ketones is 8. The van der Waals surface area contributed by atoms with Crippen LogP contribution in [0.1, 0.15) is 296 Å². The van der Waals surface area contributed by atoms with Crippen LogP contribution >= 0.6 is 0 Å². The average Bonchev–Trinajstić information content (AvgIpc) is 1.51. The molecule has 0 aliphatic heterocycles. The number of carbonyl (C=O) groups excluding carboxylic acids is 12. The van der Waals surface area contributed by atoms with Gasteiger partial charge in [0.25, 0.3) is 0 Å². The average molecular weight is 1710 g/mol. The molecule has 4 saturated carbocycles. The van der Waals surface area contributed by atoms with E-state index < -0.39 is 45.3 Å². The molecule has 0 aromatic carbocycles. The highest BCUT2D eigenvalue weighted by atomic mass is 16.5. The minimum absolute atomic E-state index is 0.0101. The van der Waals surface area contributed by atoms with E-state index in [4.69, 9.17) is 18.9 Å². The van der Waals surface area contributed by atoms with Crippen LogP contribution in [-0.2, 0) is 76.5 Å². The smallest absolute Gasteiger partial charge is 0.314 e. The van der Waals surface area contributed by atoms with Crippen molar-refractivity contribution in [3.05, 3.63) is 186 Å². The molecule has 16 heteroatoms. The number of carbonyl (C=O) groups is 12. The summed E-state index contributed by atoms with van der Waals surface area (Å²) in [4.78, 5) is 156. The fraction of sp³-hybridized carbons (Fsp3) is 0.600. The lowest BCUT2D eigenvalue weighted by molar-refractivity contribution is -0.152. The van der Waals surface area contributed by atoms with Gasteiger partial charge in [0.1, 0.15) is 23.1 Å². The summed E-state index contributed by atoms with van der Waals surface area (Å²) in [6, 6.07) is 0. The van der Waals surface area contributed by atoms with E-state index in [0.717, 1.165) is 215 Å². The second kappa shape index (κ2) is 32.0. The molecule has 0 aromatic heterocycles. The number of ether oxygens (including phenoxy) is 4. The lowest BCUT2D eigenvalue weighted by Crippen LogP contribution is -2.46. The lowest BCUT2D eigenvalue weighted by atomic mass is 9.51. The monoisotopic (exact) mass is 1710 g/mol. The molecule has 5 unspecified atom stereocenters. The molecule has 4 spiro atoms. The SMILES string of the molecule is CC(C)COC(=O)[C@@H]1CC2=CC(=O)C=CC2(C)C2=C1C1=CC[C@@]3(C)CCC(=O)[C@@]13CC2.CCC(C)OC(=O)[C@@H]1CC2=CC(=O)C=CC2(C)C2=C1C1=CC[C@@]3(C)CCC(=O)[C@@]13CC2.CCCCCCOC(=O)[C@@H]1CC2=CC(=O)C=CC2(C)C2=C1C1=CC[C@@]3(C)CCC(=O)[C@@]13CC2.CCCCOC(=O)[C@@H]1CC2=CC(=O)C=CC2(C)C2=C1C1=CC[C@@]3(C)CCC(=O)[C@@]13CC2. The first-order valence-electron chi connectivity index (χ1n) is 48.2. The van der Waals surface area contributed by atoms with Crippen molar-refractivity contribution in [1.82, 2.24) is 0 Å². The maximum atomic E-state index is 13.5. The van der Waals surface area contributed by atoms with Gasteiger partial charge in [-0.25, -0.2) is 0 Å². The van der Waals surface area contributed by atoms with E-state index >= 15 is 0 Å². The van der Waals surface area contributed by atoms with Gasteiger partial charge in [0.15, 0.2) is 23.1 Å². The van der Waals surface area contributed by atoms with Gasteiger partial charge in [0.2, 0.25) is 0 Å². The zero-order valence-electron chi connectivity index (χ0n) is 77.3. The van der Waals surface area contributed by atoms with Crippen molar-refractivity contribution in [2.75, 3.05) is 19.8 Å². The molecule has 668 valence electrons. The topological polar surface area (TPSA) is 242 Å². The summed E-state index contributed by atoms with van der Waals surface area (Å²) >= 11 is 0. The van der Waals surface area contributed by atoms with Crippen molar-refractivity contribution >= 4 is 70.1 Å². The van der Waals surface area contributed by atoms with Crippen LogP contribution in [0.15, 0.2) is 186 Å². The Hall–Kier alpha value is -8.92. The van der Waals surface area contributed by atoms with Gasteiger partial charge < -0.3 is 18.9 Å². The number of Topliss-reactive ketones (excluding diaryl/α,β-unsaturated/α-hetero) is 4. The molecular formula is C110H132O16. The molecule has 0 radical (unpaired) electrons. The molecule has 17 atom stereocenters. The maximum absolute atomic E-state index is 13.5. The van der Waals surface area contributed by atoms with Gasteiger partial charge >= 0.3 is 23.9 Å². The fourth-order valence-corrected chi connectivity index (χ4v) is 28.7. The van der Waals surface area contributed by atoms with Crippen molar-refractivity contribution in [2.24, 2.45) is 94.6 Å². The Morgan fingerprint density at radius 1 is 0.349 bits per heavy atom. The van der Waals surface area contributed by atoms with Crippen molar-refractivity contribution in [1.29, 1.82) is 0 Å². The van der Waals surface area contributed by atoms with Gasteiger partial charge in [-0.2, -0.15) is 0 Å². The third-order valence-corrected chi connectivity index (χ3v) is 36.4. The molecule has 0 bridgehead atoms. The van der Waals surface area contributed by atoms with Crippen LogP contribution in [-0.4, -0.2) is 96.1 Å². The summed E-state index contributed by atoms with van der Waals surface area (Å²) in [6.45, 7) is 31.2. The fourth-order valence-electron chi connectivity index (χ4n) is 28.7. The van der Waals surface area contributed by atoms with Crippen molar-refractivity contribution in [3.63, 3.8) is 0 Å². The number of esters is 4. The van der Waals surface area contributed by atoms with Gasteiger partial charge in [-0.3, -0.25) is 57.5 Å². The molecule has 0 heterocycles. The van der Waals surface area contributed by atoms with Crippen molar-refractivity contribution < 1.29 is 76.5 Å². The third-order valence-electron chi connectivity index (χ3n) is 36.4. The normalized spacial score (nSPS) is 38.1. The zero-order chi connectivity index (χ0) is 89.8. The van der Waals surface area contributed by atoms with E-state index in [1.807, 2.05) is 52.0 Å². The van der Waals surface area contributed by atoms with Crippen molar-refractivity contribution in [2.45, 2.75) is 302 Å². The molecule has 4 fully saturated rings. The Kier molecular flexibility index (Phi) is 22.6.